The van der Waals surface area contributed by atoms with Gasteiger partial charge >= 0.3 is 0 Å². The molecule has 132 valence electrons. The fourth-order valence-electron chi connectivity index (χ4n) is 3.63. The van der Waals surface area contributed by atoms with Crippen LogP contribution >= 0.6 is 0 Å². The fourth-order valence-corrected chi connectivity index (χ4v) is 3.63. The molecule has 1 aliphatic rings. The van der Waals surface area contributed by atoms with Crippen LogP contribution in [-0.2, 0) is 6.42 Å². The molecule has 3 rings (SSSR count). The van der Waals surface area contributed by atoms with Crippen LogP contribution in [0.4, 0.5) is 8.78 Å². The molecule has 0 amide bonds. The Kier molecular flexibility index (Phi) is 5.90. The maximum Gasteiger partial charge on any atom is 0.159 e. The predicted octanol–water partition coefficient (Wildman–Crippen LogP) is 5.74. The Morgan fingerprint density at radius 2 is 1.68 bits per heavy atom. The van der Waals surface area contributed by atoms with Gasteiger partial charge in [-0.2, -0.15) is 0 Å². The van der Waals surface area contributed by atoms with Gasteiger partial charge in [0.1, 0.15) is 0 Å². The van der Waals surface area contributed by atoms with E-state index in [1.807, 2.05) is 6.08 Å². The van der Waals surface area contributed by atoms with E-state index < -0.39 is 11.6 Å². The Labute approximate surface area is 148 Å². The number of aromatic nitrogens is 2. The van der Waals surface area contributed by atoms with Crippen molar-refractivity contribution in [3.63, 3.8) is 0 Å². The number of halogens is 2. The summed E-state index contributed by atoms with van der Waals surface area (Å²) in [5.41, 5.74) is 1.59. The van der Waals surface area contributed by atoms with Gasteiger partial charge in [0.2, 0.25) is 0 Å². The van der Waals surface area contributed by atoms with E-state index in [2.05, 4.69) is 16.5 Å². The minimum absolute atomic E-state index is 0.424. The molecule has 0 N–H and O–H groups in total. The molecule has 0 radical (unpaired) electrons. The van der Waals surface area contributed by atoms with Gasteiger partial charge in [-0.15, -0.1) is 6.58 Å². The molecule has 4 heteroatoms. The molecule has 0 saturated heterocycles. The van der Waals surface area contributed by atoms with E-state index in [-0.39, 0.29) is 0 Å². The van der Waals surface area contributed by atoms with E-state index in [0.717, 1.165) is 48.8 Å². The molecule has 0 spiro atoms. The molecule has 0 unspecified atom stereocenters. The monoisotopic (exact) mass is 342 g/mol. The average Bonchev–Trinajstić information content (AvgIpc) is 2.64. The van der Waals surface area contributed by atoms with E-state index in [1.165, 1.54) is 31.7 Å². The molecule has 1 aromatic carbocycles. The largest absolute Gasteiger partial charge is 0.236 e. The van der Waals surface area contributed by atoms with Crippen molar-refractivity contribution in [2.24, 2.45) is 11.8 Å². The van der Waals surface area contributed by atoms with Crippen molar-refractivity contribution in [1.29, 1.82) is 0 Å². The molecule has 0 bridgehead atoms. The van der Waals surface area contributed by atoms with E-state index in [4.69, 9.17) is 0 Å². The molecule has 1 aliphatic carbocycles. The lowest BCUT2D eigenvalue weighted by atomic mass is 9.78. The van der Waals surface area contributed by atoms with Crippen molar-refractivity contribution in [1.82, 2.24) is 9.97 Å². The standard InChI is InChI=1S/C21H24F2N2/c1-2-3-15-4-6-16(7-5-15)8-9-17-13-24-21(25-14-17)18-10-11-19(22)20(23)12-18/h2,10-16H,1,3-9H2. The van der Waals surface area contributed by atoms with Gasteiger partial charge in [0.25, 0.3) is 0 Å². The molecule has 1 saturated carbocycles. The normalized spacial score (nSPS) is 20.4. The van der Waals surface area contributed by atoms with Gasteiger partial charge in [0.05, 0.1) is 0 Å². The van der Waals surface area contributed by atoms with Crippen molar-refractivity contribution >= 4 is 0 Å². The van der Waals surface area contributed by atoms with Crippen LogP contribution in [0.3, 0.4) is 0 Å². The third-order valence-corrected chi connectivity index (χ3v) is 5.19. The third-order valence-electron chi connectivity index (χ3n) is 5.19. The van der Waals surface area contributed by atoms with Crippen LogP contribution in [0.1, 0.15) is 44.1 Å². The molecule has 1 fully saturated rings. The number of hydrogen-bond acceptors (Lipinski definition) is 2. The van der Waals surface area contributed by atoms with E-state index in [0.29, 0.717) is 11.4 Å². The van der Waals surface area contributed by atoms with Crippen LogP contribution in [0.15, 0.2) is 43.2 Å². The zero-order valence-corrected chi connectivity index (χ0v) is 14.4. The van der Waals surface area contributed by atoms with Crippen molar-refractivity contribution in [3.05, 3.63) is 60.4 Å². The summed E-state index contributed by atoms with van der Waals surface area (Å²) < 4.78 is 26.3. The summed E-state index contributed by atoms with van der Waals surface area (Å²) >= 11 is 0. The maximum absolute atomic E-state index is 13.3. The molecule has 1 heterocycles. The smallest absolute Gasteiger partial charge is 0.159 e. The highest BCUT2D eigenvalue weighted by Gasteiger charge is 2.20. The van der Waals surface area contributed by atoms with Gasteiger partial charge in [-0.1, -0.05) is 18.9 Å². The van der Waals surface area contributed by atoms with Crippen LogP contribution in [0.5, 0.6) is 0 Å². The first-order chi connectivity index (χ1) is 12.2. The van der Waals surface area contributed by atoms with Gasteiger partial charge < -0.3 is 0 Å². The lowest BCUT2D eigenvalue weighted by Crippen LogP contribution is -2.14. The van der Waals surface area contributed by atoms with E-state index >= 15 is 0 Å². The summed E-state index contributed by atoms with van der Waals surface area (Å²) in [7, 11) is 0. The number of allylic oxidation sites excluding steroid dienone is 1. The molecule has 1 aromatic heterocycles. The highest BCUT2D eigenvalue weighted by Crippen LogP contribution is 2.33. The Balaban J connectivity index is 1.53. The summed E-state index contributed by atoms with van der Waals surface area (Å²) in [5, 5.41) is 0. The van der Waals surface area contributed by atoms with Crippen LogP contribution in [-0.4, -0.2) is 9.97 Å². The summed E-state index contributed by atoms with van der Waals surface area (Å²) in [6.45, 7) is 3.83. The topological polar surface area (TPSA) is 25.8 Å². The van der Waals surface area contributed by atoms with Gasteiger partial charge in [-0.3, -0.25) is 0 Å². The van der Waals surface area contributed by atoms with E-state index in [9.17, 15) is 8.78 Å². The van der Waals surface area contributed by atoms with Crippen molar-refractivity contribution in [3.8, 4) is 11.4 Å². The minimum atomic E-state index is -0.878. The third kappa shape index (κ3) is 4.71. The van der Waals surface area contributed by atoms with Crippen LogP contribution in [0.2, 0.25) is 0 Å². The zero-order valence-electron chi connectivity index (χ0n) is 14.4. The van der Waals surface area contributed by atoms with E-state index in [1.54, 1.807) is 12.4 Å². The summed E-state index contributed by atoms with van der Waals surface area (Å²) in [6.07, 6.45) is 14.1. The Morgan fingerprint density at radius 3 is 2.32 bits per heavy atom. The first-order valence-corrected chi connectivity index (χ1v) is 9.03. The fraction of sp³-hybridized carbons (Fsp3) is 0.429. The van der Waals surface area contributed by atoms with Crippen LogP contribution in [0.25, 0.3) is 11.4 Å². The minimum Gasteiger partial charge on any atom is -0.236 e. The molecular weight excluding hydrogens is 318 g/mol. The molecule has 25 heavy (non-hydrogen) atoms. The lowest BCUT2D eigenvalue weighted by Gasteiger charge is -2.27. The van der Waals surface area contributed by atoms with Crippen LogP contribution < -0.4 is 0 Å². The SMILES string of the molecule is C=CCC1CCC(CCc2cnc(-c3ccc(F)c(F)c3)nc2)CC1. The quantitative estimate of drug-likeness (QED) is 0.626. The first kappa shape index (κ1) is 17.7. The number of nitrogens with zero attached hydrogens (tertiary/aromatic N) is 2. The number of rotatable bonds is 6. The predicted molar refractivity (Wildman–Crippen MR) is 96.0 cm³/mol. The number of hydrogen-bond donors (Lipinski definition) is 0. The first-order valence-electron chi connectivity index (χ1n) is 9.03. The second-order valence-electron chi connectivity index (χ2n) is 6.99. The second kappa shape index (κ2) is 8.32. The van der Waals surface area contributed by atoms with Crippen molar-refractivity contribution in [2.75, 3.05) is 0 Å². The number of benzene rings is 1. The Hall–Kier alpha value is -2.10. The highest BCUT2D eigenvalue weighted by atomic mass is 19.2. The molecule has 0 atom stereocenters. The van der Waals surface area contributed by atoms with Crippen molar-refractivity contribution in [2.45, 2.75) is 44.9 Å². The molecule has 2 aromatic rings. The zero-order chi connectivity index (χ0) is 17.6. The molecule has 2 nitrogen and oxygen atoms in total. The van der Waals surface area contributed by atoms with Gasteiger partial charge in [0, 0.05) is 18.0 Å². The van der Waals surface area contributed by atoms with Gasteiger partial charge in [0.15, 0.2) is 17.5 Å². The maximum atomic E-state index is 13.3. The van der Waals surface area contributed by atoms with Gasteiger partial charge in [-0.05, 0) is 67.7 Å². The summed E-state index contributed by atoms with van der Waals surface area (Å²) in [4.78, 5) is 8.62. The summed E-state index contributed by atoms with van der Waals surface area (Å²) in [6, 6.07) is 3.73. The van der Waals surface area contributed by atoms with Gasteiger partial charge in [-0.25, -0.2) is 18.7 Å². The lowest BCUT2D eigenvalue weighted by molar-refractivity contribution is 0.265. The molecular formula is C21H24F2N2. The van der Waals surface area contributed by atoms with Crippen molar-refractivity contribution < 1.29 is 8.78 Å². The molecule has 0 aliphatic heterocycles. The van der Waals surface area contributed by atoms with Crippen LogP contribution in [0, 0.1) is 23.5 Å². The number of aryl methyl sites for hydroxylation is 1. The Morgan fingerprint density at radius 1 is 1.00 bits per heavy atom. The summed E-state index contributed by atoms with van der Waals surface area (Å²) in [5.74, 6) is 0.299. The Bertz CT molecular complexity index is 704. The highest BCUT2D eigenvalue weighted by molar-refractivity contribution is 5.54. The average molecular weight is 342 g/mol. The second-order valence-corrected chi connectivity index (χ2v) is 6.99.